The monoisotopic (exact) mass is 793 g/mol. The fourth-order valence-corrected chi connectivity index (χ4v) is 6.62. The number of rotatable bonds is 44. The van der Waals surface area contributed by atoms with Gasteiger partial charge in [-0.2, -0.15) is 0 Å². The lowest BCUT2D eigenvalue weighted by Gasteiger charge is -2.15. The summed E-state index contributed by atoms with van der Waals surface area (Å²) < 4.78 is 11.2. The minimum atomic E-state index is -0.557. The predicted octanol–water partition coefficient (Wildman–Crippen LogP) is 16.3. The molecule has 0 spiro atoms. The van der Waals surface area contributed by atoms with Gasteiger partial charge < -0.3 is 14.6 Å². The molecule has 1 atom stereocenters. The average molecular weight is 793 g/mol. The molecular formula is C53H92O4. The first-order valence-electron chi connectivity index (χ1n) is 24.2. The number of allylic oxidation sites excluding steroid dienone is 14. The Morgan fingerprint density at radius 2 is 0.789 bits per heavy atom. The van der Waals surface area contributed by atoms with Crippen molar-refractivity contribution in [1.82, 2.24) is 0 Å². The van der Waals surface area contributed by atoms with Gasteiger partial charge >= 0.3 is 5.97 Å². The van der Waals surface area contributed by atoms with Crippen LogP contribution in [-0.4, -0.2) is 37.0 Å². The van der Waals surface area contributed by atoms with Gasteiger partial charge in [0.15, 0.2) is 0 Å². The summed E-state index contributed by atoms with van der Waals surface area (Å²) in [5, 5.41) is 9.63. The van der Waals surface area contributed by atoms with Gasteiger partial charge in [-0.1, -0.05) is 208 Å². The van der Waals surface area contributed by atoms with E-state index in [1.54, 1.807) is 0 Å². The molecule has 0 aromatic rings. The molecule has 0 bridgehead atoms. The largest absolute Gasteiger partial charge is 0.457 e. The second kappa shape index (κ2) is 49.7. The maximum atomic E-state index is 12.2. The van der Waals surface area contributed by atoms with Crippen molar-refractivity contribution in [2.24, 2.45) is 0 Å². The number of unbranched alkanes of at least 4 members (excludes halogenated alkanes) is 22. The molecule has 0 aliphatic rings. The zero-order valence-corrected chi connectivity index (χ0v) is 37.6. The lowest BCUT2D eigenvalue weighted by atomic mass is 10.0. The van der Waals surface area contributed by atoms with Crippen LogP contribution in [0.3, 0.4) is 0 Å². The van der Waals surface area contributed by atoms with Crippen molar-refractivity contribution in [1.29, 1.82) is 0 Å². The molecular weight excluding hydrogens is 701 g/mol. The summed E-state index contributed by atoms with van der Waals surface area (Å²) in [6.07, 6.45) is 69.5. The van der Waals surface area contributed by atoms with Crippen LogP contribution in [0, 0.1) is 0 Å². The second-order valence-corrected chi connectivity index (χ2v) is 15.8. The molecule has 0 aromatic heterocycles. The molecule has 4 heteroatoms. The average Bonchev–Trinajstić information content (AvgIpc) is 3.22. The van der Waals surface area contributed by atoms with E-state index >= 15 is 0 Å². The third-order valence-corrected chi connectivity index (χ3v) is 10.2. The molecule has 0 rings (SSSR count). The molecule has 1 unspecified atom stereocenters. The molecule has 1 N–H and O–H groups in total. The smallest absolute Gasteiger partial charge is 0.306 e. The van der Waals surface area contributed by atoms with Gasteiger partial charge in [0.25, 0.3) is 0 Å². The van der Waals surface area contributed by atoms with E-state index in [-0.39, 0.29) is 19.2 Å². The van der Waals surface area contributed by atoms with E-state index in [1.807, 2.05) is 0 Å². The first-order chi connectivity index (χ1) is 28.2. The van der Waals surface area contributed by atoms with Gasteiger partial charge in [0.2, 0.25) is 0 Å². The van der Waals surface area contributed by atoms with Crippen LogP contribution in [0.4, 0.5) is 0 Å². The molecule has 0 fully saturated rings. The van der Waals surface area contributed by atoms with Gasteiger partial charge in [-0.3, -0.25) is 4.79 Å². The highest BCUT2D eigenvalue weighted by atomic mass is 16.6. The van der Waals surface area contributed by atoms with E-state index in [1.165, 1.54) is 128 Å². The Kier molecular flexibility index (Phi) is 47.6. The number of aliphatic hydroxyl groups excluding tert-OH is 1. The number of ether oxygens (including phenoxy) is 2. The Balaban J connectivity index is 3.47. The summed E-state index contributed by atoms with van der Waals surface area (Å²) in [6, 6.07) is 0. The molecule has 57 heavy (non-hydrogen) atoms. The number of hydrogen-bond donors (Lipinski definition) is 1. The van der Waals surface area contributed by atoms with Crippen LogP contribution in [0.25, 0.3) is 0 Å². The quantitative estimate of drug-likeness (QED) is 0.0379. The summed E-state index contributed by atoms with van der Waals surface area (Å²) >= 11 is 0. The Morgan fingerprint density at radius 1 is 0.439 bits per heavy atom. The Hall–Kier alpha value is -2.43. The van der Waals surface area contributed by atoms with Crippen molar-refractivity contribution in [3.05, 3.63) is 85.1 Å². The Morgan fingerprint density at radius 3 is 1.19 bits per heavy atom. The van der Waals surface area contributed by atoms with Gasteiger partial charge in [-0.05, 0) is 89.9 Å². The van der Waals surface area contributed by atoms with Gasteiger partial charge in [0.1, 0.15) is 6.10 Å². The molecule has 0 aliphatic heterocycles. The van der Waals surface area contributed by atoms with Gasteiger partial charge in [0.05, 0.1) is 13.2 Å². The van der Waals surface area contributed by atoms with Gasteiger partial charge in [-0.15, -0.1) is 0 Å². The van der Waals surface area contributed by atoms with Crippen molar-refractivity contribution < 1.29 is 19.4 Å². The summed E-state index contributed by atoms with van der Waals surface area (Å²) in [7, 11) is 0. The number of hydrogen-bond acceptors (Lipinski definition) is 4. The third kappa shape index (κ3) is 47.8. The molecule has 0 aromatic carbocycles. The summed E-state index contributed by atoms with van der Waals surface area (Å²) in [4.78, 5) is 12.2. The van der Waals surface area contributed by atoms with Crippen LogP contribution in [0.1, 0.15) is 219 Å². The Labute approximate surface area is 354 Å². The number of esters is 1. The van der Waals surface area contributed by atoms with Crippen molar-refractivity contribution in [2.45, 2.75) is 225 Å². The molecule has 0 aliphatic carbocycles. The van der Waals surface area contributed by atoms with Crippen LogP contribution in [0.2, 0.25) is 0 Å². The second-order valence-electron chi connectivity index (χ2n) is 15.8. The minimum absolute atomic E-state index is 0.189. The van der Waals surface area contributed by atoms with Crippen LogP contribution >= 0.6 is 0 Å². The first kappa shape index (κ1) is 54.6. The van der Waals surface area contributed by atoms with Crippen LogP contribution in [-0.2, 0) is 14.3 Å². The van der Waals surface area contributed by atoms with E-state index in [4.69, 9.17) is 9.47 Å². The van der Waals surface area contributed by atoms with Crippen LogP contribution in [0.5, 0.6) is 0 Å². The molecule has 0 radical (unpaired) electrons. The van der Waals surface area contributed by atoms with Crippen LogP contribution in [0.15, 0.2) is 85.1 Å². The standard InChI is InChI=1S/C53H92O4/c1-3-5-7-9-11-13-15-17-19-21-23-24-25-26-27-28-29-31-33-35-37-39-41-43-45-47-49-56-51-52(50-54)57-53(55)48-46-44-42-40-38-36-34-32-30-22-20-18-16-14-12-10-8-6-4-2/h6,8,12,14-15,17-18,20-21,23,30,32,36,38,52,54H,3-5,7,9-11,13,16,19,22,24-29,31,33-35,37,39-51H2,1-2H3/b8-6-,14-12-,17-15-,20-18-,23-21-,32-30-,38-36-. The highest BCUT2D eigenvalue weighted by Gasteiger charge is 2.13. The fraction of sp³-hybridized carbons (Fsp3) is 0.717. The maximum absolute atomic E-state index is 12.2. The van der Waals surface area contributed by atoms with Gasteiger partial charge in [0, 0.05) is 13.0 Å². The normalized spacial score (nSPS) is 13.1. The van der Waals surface area contributed by atoms with Crippen molar-refractivity contribution in [3.8, 4) is 0 Å². The summed E-state index contributed by atoms with van der Waals surface area (Å²) in [5.41, 5.74) is 0. The molecule has 0 heterocycles. The lowest BCUT2D eigenvalue weighted by Crippen LogP contribution is -2.27. The molecule has 328 valence electrons. The maximum Gasteiger partial charge on any atom is 0.306 e. The number of carbonyl (C=O) groups excluding carboxylic acids is 1. The molecule has 0 amide bonds. The molecule has 0 saturated heterocycles. The summed E-state index contributed by atoms with van der Waals surface area (Å²) in [6.45, 7) is 5.19. The lowest BCUT2D eigenvalue weighted by molar-refractivity contribution is -0.154. The van der Waals surface area contributed by atoms with E-state index < -0.39 is 6.10 Å². The summed E-state index contributed by atoms with van der Waals surface area (Å²) in [5.74, 6) is -0.232. The number of aliphatic hydroxyl groups is 1. The minimum Gasteiger partial charge on any atom is -0.457 e. The van der Waals surface area contributed by atoms with Gasteiger partial charge in [-0.25, -0.2) is 0 Å². The predicted molar refractivity (Wildman–Crippen MR) is 251 cm³/mol. The SMILES string of the molecule is CC/C=C\C/C=C\C/C=C\C/C=C\C/C=C\CCCCCC(=O)OC(CO)COCCCCCCCCCCCCCCCC/C=C\C/C=C\CCCCCCC. The van der Waals surface area contributed by atoms with E-state index in [0.717, 1.165) is 70.6 Å². The molecule has 4 nitrogen and oxygen atoms in total. The highest BCUT2D eigenvalue weighted by molar-refractivity contribution is 5.69. The van der Waals surface area contributed by atoms with Crippen molar-refractivity contribution >= 4 is 5.97 Å². The highest BCUT2D eigenvalue weighted by Crippen LogP contribution is 2.14. The van der Waals surface area contributed by atoms with E-state index in [2.05, 4.69) is 98.9 Å². The van der Waals surface area contributed by atoms with Crippen molar-refractivity contribution in [2.75, 3.05) is 19.8 Å². The van der Waals surface area contributed by atoms with Crippen LogP contribution < -0.4 is 0 Å². The zero-order valence-electron chi connectivity index (χ0n) is 37.6. The van der Waals surface area contributed by atoms with E-state index in [0.29, 0.717) is 13.0 Å². The van der Waals surface area contributed by atoms with E-state index in [9.17, 15) is 9.90 Å². The third-order valence-electron chi connectivity index (χ3n) is 10.2. The van der Waals surface area contributed by atoms with Crippen molar-refractivity contribution in [3.63, 3.8) is 0 Å². The number of carbonyl (C=O) groups is 1. The fourth-order valence-electron chi connectivity index (χ4n) is 6.62. The first-order valence-corrected chi connectivity index (χ1v) is 24.2. The topological polar surface area (TPSA) is 55.8 Å². The molecule has 0 saturated carbocycles. The zero-order chi connectivity index (χ0) is 41.2. The Bertz CT molecular complexity index is 1020.